The van der Waals surface area contributed by atoms with Gasteiger partial charge in [0.15, 0.2) is 0 Å². The third-order valence-corrected chi connectivity index (χ3v) is 2.62. The lowest BCUT2D eigenvalue weighted by Crippen LogP contribution is -2.25. The number of carboxylic acids is 1. The van der Waals surface area contributed by atoms with Gasteiger partial charge in [-0.15, -0.1) is 0 Å². The van der Waals surface area contributed by atoms with Crippen molar-refractivity contribution in [3.63, 3.8) is 0 Å². The first kappa shape index (κ1) is 13.9. The average molecular weight is 279 g/mol. The summed E-state index contributed by atoms with van der Waals surface area (Å²) in [7, 11) is 1.53. The number of carbonyl (C=O) groups is 1. The highest BCUT2D eigenvalue weighted by atomic mass is 19.1. The van der Waals surface area contributed by atoms with E-state index in [2.05, 4.69) is 9.97 Å². The number of benzene rings is 1. The van der Waals surface area contributed by atoms with Crippen molar-refractivity contribution in [2.24, 2.45) is 0 Å². The maximum Gasteiger partial charge on any atom is 0.323 e. The molecule has 0 aliphatic heterocycles. The fourth-order valence-corrected chi connectivity index (χ4v) is 1.68. The van der Waals surface area contributed by atoms with E-state index in [-0.39, 0.29) is 17.8 Å². The van der Waals surface area contributed by atoms with E-state index in [1.54, 1.807) is 0 Å². The molecule has 0 aliphatic carbocycles. The van der Waals surface area contributed by atoms with Crippen LogP contribution in [-0.2, 0) is 4.79 Å². The van der Waals surface area contributed by atoms with Gasteiger partial charge < -0.3 is 10.0 Å². The molecule has 0 aliphatic rings. The smallest absolute Gasteiger partial charge is 0.323 e. The van der Waals surface area contributed by atoms with Gasteiger partial charge in [0.25, 0.3) is 0 Å². The van der Waals surface area contributed by atoms with Gasteiger partial charge >= 0.3 is 5.97 Å². The van der Waals surface area contributed by atoms with Gasteiger partial charge in [0.2, 0.25) is 0 Å². The van der Waals surface area contributed by atoms with Gasteiger partial charge in [0, 0.05) is 18.7 Å². The van der Waals surface area contributed by atoms with Crippen LogP contribution in [-0.4, -0.2) is 34.6 Å². The highest BCUT2D eigenvalue weighted by Crippen LogP contribution is 2.23. The van der Waals surface area contributed by atoms with Crippen molar-refractivity contribution in [3.8, 4) is 11.3 Å². The second-order valence-electron chi connectivity index (χ2n) is 4.14. The van der Waals surface area contributed by atoms with Gasteiger partial charge in [0.1, 0.15) is 30.3 Å². The molecule has 5 nitrogen and oxygen atoms in total. The number of halogens is 2. The minimum atomic E-state index is -1.02. The molecule has 104 valence electrons. The Morgan fingerprint density at radius 2 is 2.05 bits per heavy atom. The molecular formula is C13H11F2N3O2. The van der Waals surface area contributed by atoms with Crippen molar-refractivity contribution in [1.29, 1.82) is 0 Å². The maximum absolute atomic E-state index is 13.7. The Kier molecular flexibility index (Phi) is 3.88. The minimum Gasteiger partial charge on any atom is -0.480 e. The summed E-state index contributed by atoms with van der Waals surface area (Å²) in [4.78, 5) is 19.8. The summed E-state index contributed by atoms with van der Waals surface area (Å²) in [5, 5.41) is 8.72. The van der Waals surface area contributed by atoms with Gasteiger partial charge in [-0.2, -0.15) is 0 Å². The summed E-state index contributed by atoms with van der Waals surface area (Å²) in [5.41, 5.74) is 0.182. The topological polar surface area (TPSA) is 66.3 Å². The van der Waals surface area contributed by atoms with Gasteiger partial charge in [-0.05, 0) is 18.2 Å². The molecule has 0 atom stereocenters. The van der Waals surface area contributed by atoms with Crippen molar-refractivity contribution < 1.29 is 18.7 Å². The fraction of sp³-hybridized carbons (Fsp3) is 0.154. The normalized spacial score (nSPS) is 10.3. The molecule has 0 unspecified atom stereocenters. The molecule has 0 saturated heterocycles. The van der Waals surface area contributed by atoms with Crippen LogP contribution in [0.25, 0.3) is 11.3 Å². The maximum atomic E-state index is 13.7. The molecule has 0 radical (unpaired) electrons. The highest BCUT2D eigenvalue weighted by molar-refractivity contribution is 5.73. The zero-order valence-electron chi connectivity index (χ0n) is 10.5. The number of hydrogen-bond donors (Lipinski definition) is 1. The second kappa shape index (κ2) is 5.60. The monoisotopic (exact) mass is 279 g/mol. The number of rotatable bonds is 4. The molecule has 0 bridgehead atoms. The van der Waals surface area contributed by atoms with E-state index in [1.807, 2.05) is 0 Å². The first-order chi connectivity index (χ1) is 9.47. The quantitative estimate of drug-likeness (QED) is 0.926. The summed E-state index contributed by atoms with van der Waals surface area (Å²) < 4.78 is 26.8. The summed E-state index contributed by atoms with van der Waals surface area (Å²) in [6.45, 7) is -0.262. The molecule has 0 amide bonds. The van der Waals surface area contributed by atoms with Crippen molar-refractivity contribution >= 4 is 11.8 Å². The lowest BCUT2D eigenvalue weighted by molar-refractivity contribution is -0.135. The number of anilines is 1. The Labute approximate surface area is 113 Å². The third-order valence-electron chi connectivity index (χ3n) is 2.62. The fourth-order valence-electron chi connectivity index (χ4n) is 1.68. The second-order valence-corrected chi connectivity index (χ2v) is 4.14. The first-order valence-electron chi connectivity index (χ1n) is 5.68. The zero-order valence-corrected chi connectivity index (χ0v) is 10.5. The zero-order chi connectivity index (χ0) is 14.7. The number of likely N-dealkylation sites (N-methyl/N-ethyl adjacent to an activating group) is 1. The van der Waals surface area contributed by atoms with E-state index >= 15 is 0 Å². The number of aliphatic carboxylic acids is 1. The van der Waals surface area contributed by atoms with Crippen LogP contribution in [0.3, 0.4) is 0 Å². The molecular weight excluding hydrogens is 268 g/mol. The lowest BCUT2D eigenvalue weighted by atomic mass is 10.1. The molecule has 20 heavy (non-hydrogen) atoms. The van der Waals surface area contributed by atoms with E-state index in [0.717, 1.165) is 18.2 Å². The van der Waals surface area contributed by atoms with Gasteiger partial charge in [-0.25, -0.2) is 18.7 Å². The van der Waals surface area contributed by atoms with E-state index in [1.165, 1.54) is 24.3 Å². The van der Waals surface area contributed by atoms with Crippen LogP contribution in [0.4, 0.5) is 14.6 Å². The molecule has 7 heteroatoms. The van der Waals surface area contributed by atoms with Crippen molar-refractivity contribution in [1.82, 2.24) is 9.97 Å². The van der Waals surface area contributed by atoms with Gasteiger partial charge in [-0.3, -0.25) is 4.79 Å². The van der Waals surface area contributed by atoms with Crippen LogP contribution in [0.15, 0.2) is 30.6 Å². The molecule has 1 N–H and O–H groups in total. The third kappa shape index (κ3) is 3.05. The van der Waals surface area contributed by atoms with Crippen LogP contribution >= 0.6 is 0 Å². The molecule has 2 aromatic rings. The Balaban J connectivity index is 2.39. The number of nitrogens with zero attached hydrogens (tertiary/aromatic N) is 3. The minimum absolute atomic E-state index is 0.00243. The predicted octanol–water partition coefficient (Wildman–Crippen LogP) is 1.94. The molecule has 2 rings (SSSR count). The molecule has 1 heterocycles. The summed E-state index contributed by atoms with van der Waals surface area (Å²) >= 11 is 0. The van der Waals surface area contributed by atoms with E-state index in [0.29, 0.717) is 5.82 Å². The first-order valence-corrected chi connectivity index (χ1v) is 5.68. The van der Waals surface area contributed by atoms with Crippen LogP contribution in [0.2, 0.25) is 0 Å². The highest BCUT2D eigenvalue weighted by Gasteiger charge is 2.12. The predicted molar refractivity (Wildman–Crippen MR) is 68.3 cm³/mol. The molecule has 0 fully saturated rings. The van der Waals surface area contributed by atoms with Crippen molar-refractivity contribution in [3.05, 3.63) is 42.2 Å². The summed E-state index contributed by atoms with van der Waals surface area (Å²) in [5.74, 6) is -1.91. The molecule has 0 saturated carbocycles. The van der Waals surface area contributed by atoms with Crippen LogP contribution in [0.5, 0.6) is 0 Å². The van der Waals surface area contributed by atoms with Crippen molar-refractivity contribution in [2.75, 3.05) is 18.5 Å². The van der Waals surface area contributed by atoms with Crippen LogP contribution < -0.4 is 4.90 Å². The standard InChI is InChI=1S/C13H11F2N3O2/c1-18(6-13(19)20)12-5-11(16-7-17-12)9-4-8(14)2-3-10(9)15/h2-5,7H,6H2,1H3,(H,19,20). The SMILES string of the molecule is CN(CC(=O)O)c1cc(-c2cc(F)ccc2F)ncn1. The number of hydrogen-bond acceptors (Lipinski definition) is 4. The van der Waals surface area contributed by atoms with Crippen LogP contribution in [0.1, 0.15) is 0 Å². The van der Waals surface area contributed by atoms with Gasteiger partial charge in [-0.1, -0.05) is 0 Å². The number of carboxylic acid groups (broad SMARTS) is 1. The Hall–Kier alpha value is -2.57. The van der Waals surface area contributed by atoms with E-state index < -0.39 is 17.6 Å². The van der Waals surface area contributed by atoms with Gasteiger partial charge in [0.05, 0.1) is 5.69 Å². The largest absolute Gasteiger partial charge is 0.480 e. The number of aromatic nitrogens is 2. The Bertz CT molecular complexity index is 649. The molecule has 1 aromatic heterocycles. The molecule has 0 spiro atoms. The Morgan fingerprint density at radius 1 is 1.30 bits per heavy atom. The summed E-state index contributed by atoms with van der Waals surface area (Å²) in [6, 6.07) is 4.45. The summed E-state index contributed by atoms with van der Waals surface area (Å²) in [6.07, 6.45) is 1.17. The van der Waals surface area contributed by atoms with E-state index in [4.69, 9.17) is 5.11 Å². The lowest BCUT2D eigenvalue weighted by Gasteiger charge is -2.15. The molecule has 1 aromatic carbocycles. The van der Waals surface area contributed by atoms with E-state index in [9.17, 15) is 13.6 Å². The van der Waals surface area contributed by atoms with Crippen LogP contribution in [0, 0.1) is 11.6 Å². The Morgan fingerprint density at radius 3 is 2.75 bits per heavy atom. The van der Waals surface area contributed by atoms with Crippen molar-refractivity contribution in [2.45, 2.75) is 0 Å². The average Bonchev–Trinajstić information content (AvgIpc) is 2.41.